The van der Waals surface area contributed by atoms with E-state index in [1.54, 1.807) is 6.20 Å². The first-order valence-electron chi connectivity index (χ1n) is 10.1. The zero-order valence-electron chi connectivity index (χ0n) is 15.7. The fourth-order valence-corrected chi connectivity index (χ4v) is 4.93. The number of carbonyl (C=O) groups is 1. The topological polar surface area (TPSA) is 74.5 Å². The third-order valence-corrected chi connectivity index (χ3v) is 6.63. The van der Waals surface area contributed by atoms with E-state index >= 15 is 0 Å². The van der Waals surface area contributed by atoms with E-state index in [1.165, 1.54) is 19.3 Å². The molecule has 2 unspecified atom stereocenters. The van der Waals surface area contributed by atoms with Crippen LogP contribution in [0.15, 0.2) is 18.3 Å². The van der Waals surface area contributed by atoms with Crippen molar-refractivity contribution in [3.05, 3.63) is 18.3 Å². The summed E-state index contributed by atoms with van der Waals surface area (Å²) >= 11 is 0. The van der Waals surface area contributed by atoms with Gasteiger partial charge >= 0.3 is 0 Å². The summed E-state index contributed by atoms with van der Waals surface area (Å²) in [5.41, 5.74) is 7.14. The highest BCUT2D eigenvalue weighted by Gasteiger charge is 2.40. The second kappa shape index (κ2) is 7.53. The van der Waals surface area contributed by atoms with E-state index in [4.69, 9.17) is 5.73 Å². The van der Waals surface area contributed by atoms with Crippen LogP contribution in [0.5, 0.6) is 0 Å². The Bertz CT molecular complexity index is 612. The van der Waals surface area contributed by atoms with E-state index in [-0.39, 0.29) is 11.8 Å². The summed E-state index contributed by atoms with van der Waals surface area (Å²) in [4.78, 5) is 21.9. The van der Waals surface area contributed by atoms with Gasteiger partial charge < -0.3 is 20.9 Å². The van der Waals surface area contributed by atoms with Crippen LogP contribution in [0.2, 0.25) is 0 Å². The Hall–Kier alpha value is -1.66. The lowest BCUT2D eigenvalue weighted by atomic mass is 9.65. The number of amides is 1. The normalized spacial score (nSPS) is 32.3. The van der Waals surface area contributed by atoms with Crippen molar-refractivity contribution in [3.63, 3.8) is 0 Å². The largest absolute Gasteiger partial charge is 0.354 e. The number of pyridine rings is 1. The summed E-state index contributed by atoms with van der Waals surface area (Å²) in [5.74, 6) is 2.28. The molecule has 1 saturated heterocycles. The molecule has 2 atom stereocenters. The van der Waals surface area contributed by atoms with Gasteiger partial charge in [0.25, 0.3) is 0 Å². The molecule has 142 valence electrons. The molecular weight excluding hydrogens is 326 g/mol. The number of nitrogens with two attached hydrogens (primary N) is 1. The minimum Gasteiger partial charge on any atom is -0.354 e. The standard InChI is InChI=1S/C20H31N5O/c1-24-7-9-25(10-8-24)18-6-5-17(13-22-18)23-20(26)16-11-14-3-2-4-15(12-16)19(14)21/h5-6,13-16,19H,2-4,7-12,21H2,1H3,(H,23,26). The molecule has 2 bridgehead atoms. The average molecular weight is 358 g/mol. The number of anilines is 2. The van der Waals surface area contributed by atoms with Crippen molar-refractivity contribution in [2.75, 3.05) is 43.4 Å². The molecule has 0 aromatic carbocycles. The molecule has 1 aliphatic heterocycles. The average Bonchev–Trinajstić information content (AvgIpc) is 2.63. The summed E-state index contributed by atoms with van der Waals surface area (Å²) in [7, 11) is 2.15. The molecule has 3 aliphatic rings. The molecule has 1 aromatic heterocycles. The summed E-state index contributed by atoms with van der Waals surface area (Å²) in [6.45, 7) is 4.12. The van der Waals surface area contributed by atoms with Crippen LogP contribution in [0.4, 0.5) is 11.5 Å². The van der Waals surface area contributed by atoms with Crippen LogP contribution in [-0.4, -0.2) is 55.1 Å². The van der Waals surface area contributed by atoms with Crippen LogP contribution in [0.25, 0.3) is 0 Å². The van der Waals surface area contributed by atoms with E-state index in [9.17, 15) is 4.79 Å². The van der Waals surface area contributed by atoms with Gasteiger partial charge in [-0.3, -0.25) is 4.79 Å². The Morgan fingerprint density at radius 2 is 1.85 bits per heavy atom. The number of piperazine rings is 1. The zero-order chi connectivity index (χ0) is 18.1. The van der Waals surface area contributed by atoms with Crippen molar-refractivity contribution in [1.82, 2.24) is 9.88 Å². The lowest BCUT2D eigenvalue weighted by Gasteiger charge is -2.43. The van der Waals surface area contributed by atoms with Crippen LogP contribution in [0, 0.1) is 17.8 Å². The molecule has 6 nitrogen and oxygen atoms in total. The predicted molar refractivity (Wildman–Crippen MR) is 104 cm³/mol. The van der Waals surface area contributed by atoms with Gasteiger partial charge in [-0.05, 0) is 56.7 Å². The van der Waals surface area contributed by atoms with Crippen LogP contribution in [-0.2, 0) is 4.79 Å². The van der Waals surface area contributed by atoms with Gasteiger partial charge in [0.2, 0.25) is 5.91 Å². The number of hydrogen-bond acceptors (Lipinski definition) is 5. The molecule has 3 fully saturated rings. The number of hydrogen-bond donors (Lipinski definition) is 2. The Morgan fingerprint density at radius 1 is 1.15 bits per heavy atom. The van der Waals surface area contributed by atoms with Crippen molar-refractivity contribution in [2.45, 2.75) is 38.1 Å². The number of rotatable bonds is 3. The van der Waals surface area contributed by atoms with Crippen molar-refractivity contribution < 1.29 is 4.79 Å². The van der Waals surface area contributed by atoms with Gasteiger partial charge in [-0.25, -0.2) is 4.98 Å². The monoisotopic (exact) mass is 357 g/mol. The maximum atomic E-state index is 12.7. The van der Waals surface area contributed by atoms with Crippen LogP contribution < -0.4 is 16.0 Å². The van der Waals surface area contributed by atoms with Gasteiger partial charge in [0, 0.05) is 38.1 Å². The summed E-state index contributed by atoms with van der Waals surface area (Å²) in [6.07, 6.45) is 7.31. The van der Waals surface area contributed by atoms with Gasteiger partial charge in [-0.1, -0.05) is 6.42 Å². The van der Waals surface area contributed by atoms with Crippen molar-refractivity contribution in [2.24, 2.45) is 23.5 Å². The summed E-state index contributed by atoms with van der Waals surface area (Å²) in [5, 5.41) is 3.08. The highest BCUT2D eigenvalue weighted by molar-refractivity contribution is 5.92. The minimum absolute atomic E-state index is 0.0995. The third-order valence-electron chi connectivity index (χ3n) is 6.63. The molecule has 3 N–H and O–H groups in total. The molecule has 1 aromatic rings. The molecule has 1 amide bonds. The fourth-order valence-electron chi connectivity index (χ4n) is 4.93. The van der Waals surface area contributed by atoms with Gasteiger partial charge in [-0.2, -0.15) is 0 Å². The van der Waals surface area contributed by atoms with Crippen molar-refractivity contribution in [3.8, 4) is 0 Å². The van der Waals surface area contributed by atoms with Crippen molar-refractivity contribution in [1.29, 1.82) is 0 Å². The summed E-state index contributed by atoms with van der Waals surface area (Å²) < 4.78 is 0. The Labute approximate surface area is 156 Å². The first kappa shape index (κ1) is 17.7. The van der Waals surface area contributed by atoms with Crippen molar-refractivity contribution >= 4 is 17.4 Å². The van der Waals surface area contributed by atoms with Gasteiger partial charge in [-0.15, -0.1) is 0 Å². The van der Waals surface area contributed by atoms with Crippen LogP contribution in [0.1, 0.15) is 32.1 Å². The lowest BCUT2D eigenvalue weighted by molar-refractivity contribution is -0.122. The highest BCUT2D eigenvalue weighted by atomic mass is 16.1. The van der Waals surface area contributed by atoms with Crippen LogP contribution >= 0.6 is 0 Å². The Balaban J connectivity index is 1.34. The molecule has 0 spiro atoms. The SMILES string of the molecule is CN1CCN(c2ccc(NC(=O)C3CC4CCCC(C3)C4N)cn2)CC1. The first-order chi connectivity index (χ1) is 12.6. The number of aromatic nitrogens is 1. The smallest absolute Gasteiger partial charge is 0.227 e. The molecule has 2 heterocycles. The fraction of sp³-hybridized carbons (Fsp3) is 0.700. The molecular formula is C20H31N5O. The number of fused-ring (bicyclic) bond motifs is 2. The Kier molecular flexibility index (Phi) is 5.14. The van der Waals surface area contributed by atoms with Gasteiger partial charge in [0.1, 0.15) is 5.82 Å². The quantitative estimate of drug-likeness (QED) is 0.865. The third kappa shape index (κ3) is 3.71. The van der Waals surface area contributed by atoms with E-state index in [0.29, 0.717) is 17.9 Å². The minimum atomic E-state index is 0.0995. The summed E-state index contributed by atoms with van der Waals surface area (Å²) in [6, 6.07) is 4.30. The maximum absolute atomic E-state index is 12.7. The molecule has 26 heavy (non-hydrogen) atoms. The molecule has 0 radical (unpaired) electrons. The first-order valence-corrected chi connectivity index (χ1v) is 10.1. The second-order valence-electron chi connectivity index (χ2n) is 8.38. The molecule has 2 aliphatic carbocycles. The molecule has 6 heteroatoms. The van der Waals surface area contributed by atoms with E-state index in [0.717, 1.165) is 50.5 Å². The van der Waals surface area contributed by atoms with Crippen LogP contribution in [0.3, 0.4) is 0 Å². The van der Waals surface area contributed by atoms with E-state index in [2.05, 4.69) is 27.1 Å². The zero-order valence-corrected chi connectivity index (χ0v) is 15.7. The highest BCUT2D eigenvalue weighted by Crippen LogP contribution is 2.42. The van der Waals surface area contributed by atoms with Gasteiger partial charge in [0.05, 0.1) is 11.9 Å². The Morgan fingerprint density at radius 3 is 2.46 bits per heavy atom. The lowest BCUT2D eigenvalue weighted by Crippen LogP contribution is -2.48. The van der Waals surface area contributed by atoms with Gasteiger partial charge in [0.15, 0.2) is 0 Å². The molecule has 4 rings (SSSR count). The molecule has 2 saturated carbocycles. The predicted octanol–water partition coefficient (Wildman–Crippen LogP) is 1.93. The second-order valence-corrected chi connectivity index (χ2v) is 8.38. The number of carbonyl (C=O) groups excluding carboxylic acids is 1. The number of likely N-dealkylation sites (N-methyl/N-ethyl adjacent to an activating group) is 1. The number of nitrogens with zero attached hydrogens (tertiary/aromatic N) is 3. The number of nitrogens with one attached hydrogen (secondary N) is 1. The maximum Gasteiger partial charge on any atom is 0.227 e. The van der Waals surface area contributed by atoms with E-state index < -0.39 is 0 Å². The van der Waals surface area contributed by atoms with E-state index in [1.807, 2.05) is 12.1 Å².